The number of nitrogens with zero attached hydrogens (tertiary/aromatic N) is 1. The molecule has 27 atom stereocenters. The number of aliphatic hydroxyl groups is 11. The fraction of sp³-hybridized carbons (Fsp3) is 0.940. The van der Waals surface area contributed by atoms with E-state index in [1.54, 1.807) is 27.7 Å². The first kappa shape index (κ1) is 65.3. The van der Waals surface area contributed by atoms with Crippen LogP contribution in [-0.4, -0.2) is 260 Å². The molecule has 0 amide bonds. The summed E-state index contributed by atoms with van der Waals surface area (Å²) in [6, 6.07) is -0.405. The van der Waals surface area contributed by atoms with Gasteiger partial charge < -0.3 is 108 Å². The lowest BCUT2D eigenvalue weighted by Gasteiger charge is -2.50. The van der Waals surface area contributed by atoms with Crippen molar-refractivity contribution in [2.45, 2.75) is 234 Å². The molecule has 0 aliphatic carbocycles. The number of carbonyl (C=O) groups excluding carboxylic acids is 3. The molecular weight excluding hydrogens is 999 g/mol. The number of Topliss-reactive ketones (excluding diaryl/α,β-unsaturated/α-hetero) is 1. The highest BCUT2D eigenvalue weighted by Crippen LogP contribution is 2.43. The SMILES string of the molecule is CCC1OC(=O)[C@H](C)C(O[C@H]2C[C@@](C)(OC)[C@@H](OC(=O)[C@H](O)[C@@H](O)[C@H](O[C@@H]3O[C@H](CO)[C@H](O)[C@H](O)[C@H]3O)[C@H](O)CO)[C@H](C)O2)[C@H](C)[C@@H](O[C@@H]2O[C@H](C)C[C@H](N(C)C)[C@H]2O)[C@](C)(OC)C[C@@H](C)C(=O)[C@H](C)[C@@H](O)[C@]1(C)O. The highest BCUT2D eigenvalue weighted by atomic mass is 16.7. The van der Waals surface area contributed by atoms with Gasteiger partial charge in [-0.05, 0) is 74.9 Å². The van der Waals surface area contributed by atoms with Crippen molar-refractivity contribution in [3.8, 4) is 0 Å². The van der Waals surface area contributed by atoms with Gasteiger partial charge in [-0.15, -0.1) is 0 Å². The minimum atomic E-state index is -2.54. The number of hydrogen-bond donors (Lipinski definition) is 11. The molecule has 0 bridgehead atoms. The van der Waals surface area contributed by atoms with Gasteiger partial charge in [0.1, 0.15) is 71.9 Å². The maximum Gasteiger partial charge on any atom is 0.338 e. The number of likely N-dealkylation sites (N-methyl/N-ethyl adjacent to an activating group) is 1. The van der Waals surface area contributed by atoms with Crippen LogP contribution >= 0.6 is 0 Å². The lowest BCUT2D eigenvalue weighted by molar-refractivity contribution is -0.328. The summed E-state index contributed by atoms with van der Waals surface area (Å²) in [7, 11) is 6.35. The smallest absolute Gasteiger partial charge is 0.338 e. The van der Waals surface area contributed by atoms with Crippen LogP contribution in [0.5, 0.6) is 0 Å². The largest absolute Gasteiger partial charge is 0.459 e. The minimum absolute atomic E-state index is 0.0271. The van der Waals surface area contributed by atoms with Gasteiger partial charge in [0.15, 0.2) is 31.1 Å². The zero-order valence-corrected chi connectivity index (χ0v) is 45.8. The van der Waals surface area contributed by atoms with Gasteiger partial charge in [-0.3, -0.25) is 9.59 Å². The van der Waals surface area contributed by atoms with Crippen LogP contribution < -0.4 is 0 Å². The standard InChI is InChI=1S/C50H89NO24/c1-15-30-50(10,65)41(62)23(4)32(55)21(2)17-48(8,66-13)42(75-46-33(56)27(51(11)12)16-22(3)68-46)24(5)39(25(6)44(63)71-30)72-31-18-49(9,67-14)43(26(7)69-31)74-45(64)37(60)36(59)40(28(54)19-52)73-47-38(61)35(58)34(57)29(20-53)70-47/h21-31,33-43,46-47,52-54,56-62,65H,15-20H2,1-14H3/t21-,22-,23+,24+,25-,26+,27+,28-,29-,30?,31+,33-,34+,35+,36-,37-,38-,39?,40-,41-,42-,43+,46+,47+,48-,49-,50-/m1/s1. The van der Waals surface area contributed by atoms with E-state index in [0.29, 0.717) is 6.42 Å². The van der Waals surface area contributed by atoms with E-state index in [-0.39, 0.29) is 25.4 Å². The molecule has 0 spiro atoms. The van der Waals surface area contributed by atoms with Gasteiger partial charge in [-0.1, -0.05) is 27.7 Å². The molecule has 4 aliphatic heterocycles. The van der Waals surface area contributed by atoms with E-state index in [2.05, 4.69) is 0 Å². The summed E-state index contributed by atoms with van der Waals surface area (Å²) >= 11 is 0. The summed E-state index contributed by atoms with van der Waals surface area (Å²) in [5.41, 5.74) is -5.08. The average molecular weight is 1090 g/mol. The fourth-order valence-electron chi connectivity index (χ4n) is 11.1. The molecule has 0 aromatic heterocycles. The number of cyclic esters (lactones) is 1. The molecule has 11 N–H and O–H groups in total. The van der Waals surface area contributed by atoms with Gasteiger partial charge in [0, 0.05) is 44.4 Å². The van der Waals surface area contributed by atoms with E-state index < -0.39 is 188 Å². The van der Waals surface area contributed by atoms with Crippen molar-refractivity contribution in [1.82, 2.24) is 4.90 Å². The lowest BCUT2D eigenvalue weighted by Crippen LogP contribution is -2.62. The second kappa shape index (κ2) is 26.8. The Morgan fingerprint density at radius 1 is 0.787 bits per heavy atom. The Bertz CT molecular complexity index is 1830. The van der Waals surface area contributed by atoms with Crippen molar-refractivity contribution >= 4 is 17.7 Å². The number of aliphatic hydroxyl groups excluding tert-OH is 10. The maximum absolute atomic E-state index is 14.6. The van der Waals surface area contributed by atoms with Crippen LogP contribution in [0.25, 0.3) is 0 Å². The molecule has 4 saturated heterocycles. The Morgan fingerprint density at radius 2 is 1.39 bits per heavy atom. The number of ether oxygens (including phenoxy) is 10. The molecule has 25 nitrogen and oxygen atoms in total. The Balaban J connectivity index is 1.73. The zero-order chi connectivity index (χ0) is 57.0. The average Bonchev–Trinajstić information content (AvgIpc) is 3.37. The number of methoxy groups -OCH3 is 2. The minimum Gasteiger partial charge on any atom is -0.459 e. The van der Waals surface area contributed by atoms with Crippen molar-refractivity contribution < 1.29 is 118 Å². The number of esters is 2. The van der Waals surface area contributed by atoms with Crippen molar-refractivity contribution in [3.05, 3.63) is 0 Å². The molecule has 0 aromatic rings. The monoisotopic (exact) mass is 1090 g/mol. The van der Waals surface area contributed by atoms with Gasteiger partial charge in [0.2, 0.25) is 0 Å². The maximum atomic E-state index is 14.6. The third kappa shape index (κ3) is 14.4. The molecule has 0 radical (unpaired) electrons. The van der Waals surface area contributed by atoms with Gasteiger partial charge in [-0.2, -0.15) is 0 Å². The van der Waals surface area contributed by atoms with E-state index in [0.717, 1.165) is 0 Å². The Labute approximate surface area is 439 Å². The van der Waals surface area contributed by atoms with Crippen molar-refractivity contribution in [2.75, 3.05) is 41.5 Å². The molecule has 75 heavy (non-hydrogen) atoms. The summed E-state index contributed by atoms with van der Waals surface area (Å²) in [4.78, 5) is 44.4. The number of carbonyl (C=O) groups is 3. The Kier molecular flexibility index (Phi) is 23.4. The van der Waals surface area contributed by atoms with Crippen LogP contribution in [0.2, 0.25) is 0 Å². The van der Waals surface area contributed by atoms with Gasteiger partial charge in [0.25, 0.3) is 0 Å². The summed E-state index contributed by atoms with van der Waals surface area (Å²) in [5, 5.41) is 119. The van der Waals surface area contributed by atoms with Crippen LogP contribution in [0.1, 0.15) is 94.9 Å². The van der Waals surface area contributed by atoms with E-state index in [4.69, 9.17) is 47.4 Å². The van der Waals surface area contributed by atoms with Crippen LogP contribution in [0, 0.1) is 23.7 Å². The topological polar surface area (TPSA) is 369 Å². The van der Waals surface area contributed by atoms with Gasteiger partial charge in [0.05, 0.1) is 55.3 Å². The van der Waals surface area contributed by atoms with Crippen molar-refractivity contribution in [3.63, 3.8) is 0 Å². The molecule has 0 aromatic carbocycles. The molecule has 438 valence electrons. The summed E-state index contributed by atoms with van der Waals surface area (Å²) in [6.07, 6.45) is -30.2. The number of hydrogen-bond acceptors (Lipinski definition) is 25. The fourth-order valence-corrected chi connectivity index (χ4v) is 11.1. The Hall–Kier alpha value is -2.19. The number of ketones is 1. The van der Waals surface area contributed by atoms with Crippen LogP contribution in [0.3, 0.4) is 0 Å². The van der Waals surface area contributed by atoms with Gasteiger partial charge in [-0.25, -0.2) is 4.79 Å². The molecular formula is C50H89NO24. The first-order valence-corrected chi connectivity index (χ1v) is 25.8. The molecule has 0 saturated carbocycles. The van der Waals surface area contributed by atoms with E-state index in [1.807, 2.05) is 25.9 Å². The number of rotatable bonds is 17. The summed E-state index contributed by atoms with van der Waals surface area (Å²) in [6.45, 7) is 13.9. The van der Waals surface area contributed by atoms with Crippen LogP contribution in [-0.2, 0) is 61.8 Å². The molecule has 4 heterocycles. The first-order chi connectivity index (χ1) is 34.8. The molecule has 4 fully saturated rings. The van der Waals surface area contributed by atoms with Gasteiger partial charge >= 0.3 is 11.9 Å². The van der Waals surface area contributed by atoms with Crippen molar-refractivity contribution in [2.24, 2.45) is 23.7 Å². The first-order valence-electron chi connectivity index (χ1n) is 25.8. The normalized spacial score (nSPS) is 45.5. The molecule has 4 rings (SSSR count). The summed E-state index contributed by atoms with van der Waals surface area (Å²) < 4.78 is 61.0. The second-order valence-corrected chi connectivity index (χ2v) is 22.0. The quantitative estimate of drug-likeness (QED) is 0.0658. The molecule has 2 unspecified atom stereocenters. The van der Waals surface area contributed by atoms with E-state index in [9.17, 15) is 70.6 Å². The third-order valence-corrected chi connectivity index (χ3v) is 16.1. The second-order valence-electron chi connectivity index (χ2n) is 22.0. The van der Waals surface area contributed by atoms with E-state index in [1.165, 1.54) is 48.8 Å². The van der Waals surface area contributed by atoms with E-state index >= 15 is 0 Å². The van der Waals surface area contributed by atoms with Crippen molar-refractivity contribution in [1.29, 1.82) is 0 Å². The van der Waals surface area contributed by atoms with Crippen LogP contribution in [0.15, 0.2) is 0 Å². The Morgan fingerprint density at radius 3 is 1.93 bits per heavy atom. The molecule has 4 aliphatic rings. The predicted octanol–water partition coefficient (Wildman–Crippen LogP) is -2.75. The highest BCUT2D eigenvalue weighted by molar-refractivity contribution is 5.83. The highest BCUT2D eigenvalue weighted by Gasteiger charge is 2.56. The predicted molar refractivity (Wildman–Crippen MR) is 259 cm³/mol. The molecule has 25 heteroatoms. The lowest BCUT2D eigenvalue weighted by atomic mass is 9.74. The zero-order valence-electron chi connectivity index (χ0n) is 45.8. The summed E-state index contributed by atoms with van der Waals surface area (Å²) in [5.74, 6) is -6.92. The third-order valence-electron chi connectivity index (χ3n) is 16.1. The van der Waals surface area contributed by atoms with Crippen LogP contribution in [0.4, 0.5) is 0 Å².